The molecule has 1 N–H and O–H groups in total. The maximum absolute atomic E-state index is 13.1. The van der Waals surface area contributed by atoms with Crippen LogP contribution in [0.5, 0.6) is 0 Å². The highest BCUT2D eigenvalue weighted by atomic mass is 35.5. The molecule has 2 aliphatic rings. The molecule has 2 aliphatic heterocycles. The van der Waals surface area contributed by atoms with E-state index in [4.69, 9.17) is 11.6 Å². The average molecular weight is 359 g/mol. The summed E-state index contributed by atoms with van der Waals surface area (Å²) in [7, 11) is 0. The van der Waals surface area contributed by atoms with E-state index in [2.05, 4.69) is 24.3 Å². The third-order valence-electron chi connectivity index (χ3n) is 5.33. The number of carbonyl (C=O) groups is 1. The molecule has 6 heteroatoms. The number of nitrogens with one attached hydrogen (secondary N) is 1. The summed E-state index contributed by atoms with van der Waals surface area (Å²) in [6, 6.07) is 7.56. The molecule has 132 valence electrons. The lowest BCUT2D eigenvalue weighted by Gasteiger charge is -2.19. The van der Waals surface area contributed by atoms with Crippen molar-refractivity contribution in [1.29, 1.82) is 0 Å². The van der Waals surface area contributed by atoms with Crippen LogP contribution in [0, 0.1) is 11.8 Å². The van der Waals surface area contributed by atoms with Gasteiger partial charge in [0, 0.05) is 31.2 Å². The number of aromatic nitrogens is 2. The summed E-state index contributed by atoms with van der Waals surface area (Å²) in [5.41, 5.74) is 2.61. The first-order chi connectivity index (χ1) is 12.0. The zero-order valence-corrected chi connectivity index (χ0v) is 15.3. The molecule has 1 amide bonds. The highest BCUT2D eigenvalue weighted by Crippen LogP contribution is 2.30. The minimum atomic E-state index is 0.110. The van der Waals surface area contributed by atoms with Crippen LogP contribution in [0.1, 0.15) is 35.8 Å². The monoisotopic (exact) mass is 358 g/mol. The Balaban J connectivity index is 1.66. The van der Waals surface area contributed by atoms with Crippen molar-refractivity contribution in [3.63, 3.8) is 0 Å². The predicted molar refractivity (Wildman–Crippen MR) is 98.4 cm³/mol. The molecule has 0 spiro atoms. The van der Waals surface area contributed by atoms with Crippen molar-refractivity contribution in [2.75, 3.05) is 26.2 Å². The molecule has 1 aromatic heterocycles. The Kier molecular flexibility index (Phi) is 4.29. The smallest absolute Gasteiger partial charge is 0.257 e. The van der Waals surface area contributed by atoms with Gasteiger partial charge in [-0.2, -0.15) is 5.10 Å². The van der Waals surface area contributed by atoms with Crippen molar-refractivity contribution in [3.05, 3.63) is 46.7 Å². The van der Waals surface area contributed by atoms with Crippen LogP contribution in [0.4, 0.5) is 0 Å². The summed E-state index contributed by atoms with van der Waals surface area (Å²) in [6.07, 6.45) is 1.72. The van der Waals surface area contributed by atoms with Crippen LogP contribution in [0.3, 0.4) is 0 Å². The summed E-state index contributed by atoms with van der Waals surface area (Å²) in [4.78, 5) is 15.1. The SMILES string of the molecule is CC(C)c1c(C(=O)N2C[C@H]3CNC[C@H]3C2)cnn1-c1ccc(Cl)cc1. The van der Waals surface area contributed by atoms with Gasteiger partial charge in [0.05, 0.1) is 23.1 Å². The number of amides is 1. The minimum absolute atomic E-state index is 0.110. The normalized spacial score (nSPS) is 22.6. The molecule has 0 aliphatic carbocycles. The molecule has 5 nitrogen and oxygen atoms in total. The van der Waals surface area contributed by atoms with Crippen LogP contribution >= 0.6 is 11.6 Å². The van der Waals surface area contributed by atoms with Gasteiger partial charge >= 0.3 is 0 Å². The molecule has 0 radical (unpaired) electrons. The Morgan fingerprint density at radius 3 is 2.44 bits per heavy atom. The summed E-state index contributed by atoms with van der Waals surface area (Å²) in [5, 5.41) is 8.62. The van der Waals surface area contributed by atoms with Gasteiger partial charge in [0.15, 0.2) is 0 Å². The average Bonchev–Trinajstić information content (AvgIpc) is 3.28. The van der Waals surface area contributed by atoms with Crippen molar-refractivity contribution >= 4 is 17.5 Å². The zero-order chi connectivity index (χ0) is 17.6. The number of nitrogens with zero attached hydrogens (tertiary/aromatic N) is 3. The Morgan fingerprint density at radius 2 is 1.84 bits per heavy atom. The van der Waals surface area contributed by atoms with Gasteiger partial charge in [0.1, 0.15) is 0 Å². The number of fused-ring (bicyclic) bond motifs is 1. The van der Waals surface area contributed by atoms with E-state index in [1.807, 2.05) is 33.8 Å². The van der Waals surface area contributed by atoms with E-state index in [0.29, 0.717) is 16.9 Å². The number of halogens is 1. The van der Waals surface area contributed by atoms with E-state index in [9.17, 15) is 4.79 Å². The highest BCUT2D eigenvalue weighted by molar-refractivity contribution is 6.30. The van der Waals surface area contributed by atoms with Crippen LogP contribution in [-0.4, -0.2) is 46.8 Å². The molecule has 1 aromatic carbocycles. The zero-order valence-electron chi connectivity index (χ0n) is 14.6. The predicted octanol–water partition coefficient (Wildman–Crippen LogP) is 2.94. The fraction of sp³-hybridized carbons (Fsp3) is 0.474. The molecule has 2 fully saturated rings. The topological polar surface area (TPSA) is 50.2 Å². The number of likely N-dealkylation sites (tertiary alicyclic amines) is 1. The highest BCUT2D eigenvalue weighted by Gasteiger charge is 2.39. The molecule has 2 saturated heterocycles. The first-order valence-electron chi connectivity index (χ1n) is 8.88. The van der Waals surface area contributed by atoms with Crippen molar-refractivity contribution in [2.24, 2.45) is 11.8 Å². The first-order valence-corrected chi connectivity index (χ1v) is 9.26. The number of hydrogen-bond acceptors (Lipinski definition) is 3. The summed E-state index contributed by atoms with van der Waals surface area (Å²) in [5.74, 6) is 1.50. The van der Waals surface area contributed by atoms with Crippen molar-refractivity contribution < 1.29 is 4.79 Å². The van der Waals surface area contributed by atoms with Gasteiger partial charge in [-0.05, 0) is 42.0 Å². The lowest BCUT2D eigenvalue weighted by molar-refractivity contribution is 0.0780. The van der Waals surface area contributed by atoms with Crippen LogP contribution < -0.4 is 5.32 Å². The molecule has 4 rings (SSSR count). The standard InChI is InChI=1S/C19H23ClN4O/c1-12(2)18-17(9-22-24(18)16-5-3-15(20)4-6-16)19(25)23-10-13-7-21-8-14(13)11-23/h3-6,9,12-14,21H,7-8,10-11H2,1-2H3/t13-,14+. The van der Waals surface area contributed by atoms with Gasteiger partial charge in [-0.25, -0.2) is 4.68 Å². The van der Waals surface area contributed by atoms with Gasteiger partial charge in [0.2, 0.25) is 0 Å². The van der Waals surface area contributed by atoms with Gasteiger partial charge in [-0.3, -0.25) is 4.79 Å². The van der Waals surface area contributed by atoms with E-state index in [0.717, 1.165) is 43.1 Å². The summed E-state index contributed by atoms with van der Waals surface area (Å²) < 4.78 is 1.87. The van der Waals surface area contributed by atoms with Crippen LogP contribution in [-0.2, 0) is 0 Å². The quantitative estimate of drug-likeness (QED) is 0.917. The second-order valence-corrected chi connectivity index (χ2v) is 7.81. The molecule has 0 saturated carbocycles. The third-order valence-corrected chi connectivity index (χ3v) is 5.58. The molecule has 25 heavy (non-hydrogen) atoms. The second-order valence-electron chi connectivity index (χ2n) is 7.37. The Bertz CT molecular complexity index is 771. The Morgan fingerprint density at radius 1 is 1.20 bits per heavy atom. The number of hydrogen-bond donors (Lipinski definition) is 1. The van der Waals surface area contributed by atoms with Crippen molar-refractivity contribution in [2.45, 2.75) is 19.8 Å². The molecule has 3 heterocycles. The Labute approximate surface area is 153 Å². The van der Waals surface area contributed by atoms with E-state index in [-0.39, 0.29) is 11.8 Å². The third kappa shape index (κ3) is 2.96. The van der Waals surface area contributed by atoms with Crippen LogP contribution in [0.25, 0.3) is 5.69 Å². The van der Waals surface area contributed by atoms with Crippen LogP contribution in [0.15, 0.2) is 30.5 Å². The Hall–Kier alpha value is -1.85. The summed E-state index contributed by atoms with van der Waals surface area (Å²) >= 11 is 5.99. The lowest BCUT2D eigenvalue weighted by Crippen LogP contribution is -2.32. The maximum atomic E-state index is 13.1. The summed E-state index contributed by atoms with van der Waals surface area (Å²) in [6.45, 7) is 7.94. The van der Waals surface area contributed by atoms with E-state index < -0.39 is 0 Å². The van der Waals surface area contributed by atoms with Gasteiger partial charge in [-0.1, -0.05) is 25.4 Å². The number of benzene rings is 1. The molecular weight excluding hydrogens is 336 g/mol. The van der Waals surface area contributed by atoms with Gasteiger partial charge in [0.25, 0.3) is 5.91 Å². The van der Waals surface area contributed by atoms with E-state index >= 15 is 0 Å². The molecule has 2 aromatic rings. The minimum Gasteiger partial charge on any atom is -0.338 e. The molecule has 2 atom stereocenters. The lowest BCUT2D eigenvalue weighted by atomic mass is 10.0. The van der Waals surface area contributed by atoms with Gasteiger partial charge in [-0.15, -0.1) is 0 Å². The number of rotatable bonds is 3. The van der Waals surface area contributed by atoms with Crippen molar-refractivity contribution in [1.82, 2.24) is 20.0 Å². The molecule has 0 unspecified atom stereocenters. The first kappa shape index (κ1) is 16.6. The van der Waals surface area contributed by atoms with Crippen LogP contribution in [0.2, 0.25) is 5.02 Å². The fourth-order valence-corrected chi connectivity index (χ4v) is 4.18. The van der Waals surface area contributed by atoms with Crippen molar-refractivity contribution in [3.8, 4) is 5.69 Å². The molecule has 0 bridgehead atoms. The van der Waals surface area contributed by atoms with E-state index in [1.165, 1.54) is 0 Å². The fourth-order valence-electron chi connectivity index (χ4n) is 4.06. The maximum Gasteiger partial charge on any atom is 0.257 e. The van der Waals surface area contributed by atoms with Gasteiger partial charge < -0.3 is 10.2 Å². The van der Waals surface area contributed by atoms with E-state index in [1.54, 1.807) is 6.20 Å². The largest absolute Gasteiger partial charge is 0.338 e. The number of carbonyl (C=O) groups excluding carboxylic acids is 1. The second kappa shape index (κ2) is 6.46. The molecular formula is C19H23ClN4O.